The van der Waals surface area contributed by atoms with Crippen molar-refractivity contribution in [2.75, 3.05) is 18.1 Å². The van der Waals surface area contributed by atoms with Gasteiger partial charge in [0, 0.05) is 18.2 Å². The number of hydrogen-bond donors (Lipinski definition) is 0. The zero-order valence-corrected chi connectivity index (χ0v) is 14.2. The van der Waals surface area contributed by atoms with Crippen LogP contribution in [-0.4, -0.2) is 35.9 Å². The topological polar surface area (TPSA) is 49.9 Å². The number of ether oxygens (including phenoxy) is 1. The Morgan fingerprint density at radius 3 is 2.65 bits per heavy atom. The lowest BCUT2D eigenvalue weighted by Crippen LogP contribution is -2.47. The largest absolute Gasteiger partial charge is 0.482 e. The average molecular weight is 354 g/mol. The molecule has 0 radical (unpaired) electrons. The number of rotatable bonds is 5. The Morgan fingerprint density at radius 1 is 1.15 bits per heavy atom. The Kier molecular flexibility index (Phi) is 4.32. The molecule has 134 valence electrons. The lowest BCUT2D eigenvalue weighted by atomic mass is 10.2. The normalized spacial score (nSPS) is 16.0. The van der Waals surface area contributed by atoms with Crippen LogP contribution in [0.1, 0.15) is 18.4 Å². The molecule has 0 atom stereocenters. The van der Waals surface area contributed by atoms with Crippen molar-refractivity contribution < 1.29 is 18.7 Å². The molecule has 1 heterocycles. The van der Waals surface area contributed by atoms with Crippen LogP contribution in [0.5, 0.6) is 5.75 Å². The van der Waals surface area contributed by atoms with Gasteiger partial charge in [-0.05, 0) is 31.0 Å². The number of benzene rings is 2. The highest BCUT2D eigenvalue weighted by atomic mass is 19.1. The first-order valence-electron chi connectivity index (χ1n) is 8.68. The van der Waals surface area contributed by atoms with Crippen molar-refractivity contribution in [1.29, 1.82) is 0 Å². The number of carbonyl (C=O) groups excluding carboxylic acids is 2. The van der Waals surface area contributed by atoms with Crippen LogP contribution in [0.3, 0.4) is 0 Å². The quantitative estimate of drug-likeness (QED) is 0.830. The van der Waals surface area contributed by atoms with E-state index in [1.807, 2.05) is 6.07 Å². The van der Waals surface area contributed by atoms with E-state index in [4.69, 9.17) is 4.74 Å². The second-order valence-corrected chi connectivity index (χ2v) is 6.58. The molecule has 2 aromatic carbocycles. The minimum Gasteiger partial charge on any atom is -0.482 e. The van der Waals surface area contributed by atoms with Gasteiger partial charge in [0.25, 0.3) is 5.91 Å². The molecule has 0 saturated heterocycles. The monoisotopic (exact) mass is 354 g/mol. The van der Waals surface area contributed by atoms with E-state index in [1.165, 1.54) is 11.0 Å². The maximum Gasteiger partial charge on any atom is 0.265 e. The first-order chi connectivity index (χ1) is 12.6. The summed E-state index contributed by atoms with van der Waals surface area (Å²) in [4.78, 5) is 28.4. The fourth-order valence-electron chi connectivity index (χ4n) is 3.17. The van der Waals surface area contributed by atoms with Gasteiger partial charge in [0.15, 0.2) is 6.61 Å². The summed E-state index contributed by atoms with van der Waals surface area (Å²) in [5.41, 5.74) is 1.08. The molecular formula is C20H19FN2O3. The van der Waals surface area contributed by atoms with Crippen LogP contribution in [0.25, 0.3) is 0 Å². The van der Waals surface area contributed by atoms with Crippen LogP contribution in [-0.2, 0) is 16.1 Å². The van der Waals surface area contributed by atoms with Crippen LogP contribution in [0.15, 0.2) is 48.5 Å². The fraction of sp³-hybridized carbons (Fsp3) is 0.300. The predicted octanol–water partition coefficient (Wildman–Crippen LogP) is 2.74. The molecule has 2 amide bonds. The number of amides is 2. The first kappa shape index (κ1) is 16.6. The van der Waals surface area contributed by atoms with Crippen molar-refractivity contribution in [2.24, 2.45) is 0 Å². The molecule has 0 unspecified atom stereocenters. The molecule has 2 aromatic rings. The maximum atomic E-state index is 14.0. The van der Waals surface area contributed by atoms with Crippen molar-refractivity contribution in [3.63, 3.8) is 0 Å². The summed E-state index contributed by atoms with van der Waals surface area (Å²) in [6, 6.07) is 13.8. The Bertz CT molecular complexity index is 850. The van der Waals surface area contributed by atoms with Crippen LogP contribution in [0, 0.1) is 5.82 Å². The van der Waals surface area contributed by atoms with Gasteiger partial charge in [-0.2, -0.15) is 0 Å². The molecule has 1 aliphatic carbocycles. The second kappa shape index (κ2) is 6.78. The minimum absolute atomic E-state index is 0.0653. The molecule has 5 nitrogen and oxygen atoms in total. The van der Waals surface area contributed by atoms with E-state index in [1.54, 1.807) is 41.3 Å². The number of para-hydroxylation sites is 2. The van der Waals surface area contributed by atoms with Gasteiger partial charge in [-0.3, -0.25) is 14.5 Å². The third-order valence-electron chi connectivity index (χ3n) is 4.71. The Labute approximate surface area is 151 Å². The van der Waals surface area contributed by atoms with E-state index in [-0.39, 0.29) is 43.4 Å². The number of anilines is 1. The summed E-state index contributed by atoms with van der Waals surface area (Å²) in [7, 11) is 0. The van der Waals surface area contributed by atoms with E-state index in [0.717, 1.165) is 12.8 Å². The Balaban J connectivity index is 1.54. The highest BCUT2D eigenvalue weighted by molar-refractivity contribution is 6.02. The molecule has 1 saturated carbocycles. The molecule has 0 bridgehead atoms. The number of carbonyl (C=O) groups is 2. The van der Waals surface area contributed by atoms with Gasteiger partial charge in [-0.25, -0.2) is 4.39 Å². The molecule has 26 heavy (non-hydrogen) atoms. The van der Waals surface area contributed by atoms with Gasteiger partial charge in [0.1, 0.15) is 18.1 Å². The van der Waals surface area contributed by atoms with Crippen LogP contribution >= 0.6 is 0 Å². The first-order valence-corrected chi connectivity index (χ1v) is 8.68. The van der Waals surface area contributed by atoms with Gasteiger partial charge < -0.3 is 9.64 Å². The van der Waals surface area contributed by atoms with Crippen molar-refractivity contribution >= 4 is 17.5 Å². The smallest absolute Gasteiger partial charge is 0.265 e. The van der Waals surface area contributed by atoms with Gasteiger partial charge in [-0.15, -0.1) is 0 Å². The lowest BCUT2D eigenvalue weighted by molar-refractivity contribution is -0.133. The molecule has 0 aromatic heterocycles. The molecule has 1 fully saturated rings. The Morgan fingerprint density at radius 2 is 1.88 bits per heavy atom. The van der Waals surface area contributed by atoms with E-state index in [0.29, 0.717) is 17.0 Å². The lowest BCUT2D eigenvalue weighted by Gasteiger charge is -2.31. The molecule has 1 aliphatic heterocycles. The highest BCUT2D eigenvalue weighted by Crippen LogP contribution is 2.33. The fourth-order valence-corrected chi connectivity index (χ4v) is 3.17. The summed E-state index contributed by atoms with van der Waals surface area (Å²) < 4.78 is 19.4. The van der Waals surface area contributed by atoms with E-state index in [9.17, 15) is 14.0 Å². The third kappa shape index (κ3) is 3.27. The van der Waals surface area contributed by atoms with Crippen LogP contribution < -0.4 is 9.64 Å². The third-order valence-corrected chi connectivity index (χ3v) is 4.71. The number of fused-ring (bicyclic) bond motifs is 1. The number of nitrogens with zero attached hydrogens (tertiary/aromatic N) is 2. The van der Waals surface area contributed by atoms with Crippen LogP contribution in [0.4, 0.5) is 10.1 Å². The van der Waals surface area contributed by atoms with Gasteiger partial charge in [0.05, 0.1) is 5.69 Å². The second-order valence-electron chi connectivity index (χ2n) is 6.58. The highest BCUT2D eigenvalue weighted by Gasteiger charge is 2.35. The van der Waals surface area contributed by atoms with Gasteiger partial charge in [0.2, 0.25) is 5.91 Å². The molecule has 2 aliphatic rings. The van der Waals surface area contributed by atoms with Crippen molar-refractivity contribution in [1.82, 2.24) is 4.90 Å². The molecule has 0 N–H and O–H groups in total. The molecular weight excluding hydrogens is 335 g/mol. The van der Waals surface area contributed by atoms with Crippen molar-refractivity contribution in [2.45, 2.75) is 25.4 Å². The minimum atomic E-state index is -0.321. The predicted molar refractivity (Wildman–Crippen MR) is 94.3 cm³/mol. The summed E-state index contributed by atoms with van der Waals surface area (Å²) in [6.45, 7) is 0.0710. The summed E-state index contributed by atoms with van der Waals surface area (Å²) in [5.74, 6) is -0.162. The van der Waals surface area contributed by atoms with E-state index in [2.05, 4.69) is 0 Å². The molecule has 4 rings (SSSR count). The van der Waals surface area contributed by atoms with Crippen molar-refractivity contribution in [3.05, 3.63) is 59.9 Å². The SMILES string of the molecule is O=C1COc2ccccc2N1CC(=O)N(Cc1ccccc1F)C1CC1. The maximum absolute atomic E-state index is 14.0. The van der Waals surface area contributed by atoms with E-state index < -0.39 is 0 Å². The van der Waals surface area contributed by atoms with Crippen molar-refractivity contribution in [3.8, 4) is 5.75 Å². The molecule has 0 spiro atoms. The summed E-state index contributed by atoms with van der Waals surface area (Å²) in [5, 5.41) is 0. The van der Waals surface area contributed by atoms with Gasteiger partial charge >= 0.3 is 0 Å². The van der Waals surface area contributed by atoms with Crippen LogP contribution in [0.2, 0.25) is 0 Å². The number of halogens is 1. The molecule has 6 heteroatoms. The standard InChI is InChI=1S/C20H19FN2O3/c21-16-6-2-1-5-14(16)11-22(15-9-10-15)19(24)12-23-17-7-3-4-8-18(17)26-13-20(23)25/h1-8,15H,9-13H2. The summed E-state index contributed by atoms with van der Waals surface area (Å²) >= 11 is 0. The zero-order valence-electron chi connectivity index (χ0n) is 14.2. The summed E-state index contributed by atoms with van der Waals surface area (Å²) in [6.07, 6.45) is 1.82. The average Bonchev–Trinajstić information content (AvgIpc) is 3.48. The van der Waals surface area contributed by atoms with E-state index >= 15 is 0 Å². The zero-order chi connectivity index (χ0) is 18.1. The van der Waals surface area contributed by atoms with Gasteiger partial charge in [-0.1, -0.05) is 30.3 Å². The number of hydrogen-bond acceptors (Lipinski definition) is 3. The Hall–Kier alpha value is -2.89.